The second kappa shape index (κ2) is 13.3. The number of rotatable bonds is 13. The molecule has 0 N–H and O–H groups in total. The molecule has 0 spiro atoms. The number of esters is 1. The molecule has 0 aromatic heterocycles. The zero-order valence-corrected chi connectivity index (χ0v) is 18.9. The van der Waals surface area contributed by atoms with Gasteiger partial charge in [-0.2, -0.15) is 13.2 Å². The van der Waals surface area contributed by atoms with Crippen molar-refractivity contribution in [3.8, 4) is 11.1 Å². The Kier molecular flexibility index (Phi) is 10.7. The second-order valence-electron chi connectivity index (χ2n) is 7.88. The molecule has 32 heavy (non-hydrogen) atoms. The highest BCUT2D eigenvalue weighted by Crippen LogP contribution is 2.39. The van der Waals surface area contributed by atoms with E-state index < -0.39 is 24.7 Å². The van der Waals surface area contributed by atoms with Crippen molar-refractivity contribution in [1.82, 2.24) is 0 Å². The predicted molar refractivity (Wildman–Crippen MR) is 121 cm³/mol. The van der Waals surface area contributed by atoms with Crippen LogP contribution >= 0.6 is 0 Å². The van der Waals surface area contributed by atoms with Crippen molar-refractivity contribution in [2.24, 2.45) is 0 Å². The summed E-state index contributed by atoms with van der Waals surface area (Å²) in [5.74, 6) is -2.14. The Labute approximate surface area is 188 Å². The zero-order valence-electron chi connectivity index (χ0n) is 18.9. The van der Waals surface area contributed by atoms with Crippen molar-refractivity contribution >= 4 is 5.97 Å². The Morgan fingerprint density at radius 1 is 0.875 bits per heavy atom. The fourth-order valence-electron chi connectivity index (χ4n) is 3.51. The molecule has 0 saturated carbocycles. The Balaban J connectivity index is 2.11. The fraction of sp³-hybridized carbons (Fsp3) is 0.500. The lowest BCUT2D eigenvalue weighted by molar-refractivity contribution is -0.162. The number of ether oxygens (including phenoxy) is 2. The standard InChI is InChI=1S/C26H33F3O3/c1-3-5-6-7-10-18-32-25(30)21-15-13-20(14-16-21)22-11-8-9-12-23(22)24(26(27,28)29)19-31-17-4-2/h8-9,11-16,24H,3-7,10,17-19H2,1-2H3. The summed E-state index contributed by atoms with van der Waals surface area (Å²) < 4.78 is 51.9. The van der Waals surface area contributed by atoms with Crippen LogP contribution in [0.1, 0.15) is 74.2 Å². The number of hydrogen-bond acceptors (Lipinski definition) is 3. The Morgan fingerprint density at radius 2 is 1.56 bits per heavy atom. The van der Waals surface area contributed by atoms with E-state index in [1.165, 1.54) is 12.5 Å². The third-order valence-corrected chi connectivity index (χ3v) is 5.28. The van der Waals surface area contributed by atoms with Crippen LogP contribution in [0.25, 0.3) is 11.1 Å². The molecule has 0 heterocycles. The minimum atomic E-state index is -4.43. The summed E-state index contributed by atoms with van der Waals surface area (Å²) in [6.45, 7) is 4.24. The van der Waals surface area contributed by atoms with Gasteiger partial charge in [-0.25, -0.2) is 4.79 Å². The molecule has 0 radical (unpaired) electrons. The normalized spacial score (nSPS) is 12.5. The van der Waals surface area contributed by atoms with Crippen molar-refractivity contribution in [2.75, 3.05) is 19.8 Å². The highest BCUT2D eigenvalue weighted by molar-refractivity contribution is 5.90. The molecular weight excluding hydrogens is 417 g/mol. The average Bonchev–Trinajstić information content (AvgIpc) is 2.78. The monoisotopic (exact) mass is 450 g/mol. The third-order valence-electron chi connectivity index (χ3n) is 5.28. The third kappa shape index (κ3) is 7.97. The summed E-state index contributed by atoms with van der Waals surface area (Å²) >= 11 is 0. The summed E-state index contributed by atoms with van der Waals surface area (Å²) in [7, 11) is 0. The Hall–Kier alpha value is -2.34. The van der Waals surface area contributed by atoms with Crippen LogP contribution in [0.2, 0.25) is 0 Å². The number of carbonyl (C=O) groups excluding carboxylic acids is 1. The molecule has 0 saturated heterocycles. The SMILES string of the molecule is CCCCCCCOC(=O)c1ccc(-c2ccccc2C(COCCC)C(F)(F)F)cc1. The van der Waals surface area contributed by atoms with Crippen molar-refractivity contribution < 1.29 is 27.4 Å². The first-order valence-electron chi connectivity index (χ1n) is 11.4. The maximum atomic E-state index is 13.8. The van der Waals surface area contributed by atoms with Crippen LogP contribution in [0, 0.1) is 0 Å². The van der Waals surface area contributed by atoms with E-state index in [4.69, 9.17) is 9.47 Å². The van der Waals surface area contributed by atoms with Crippen LogP contribution in [0.5, 0.6) is 0 Å². The minimum Gasteiger partial charge on any atom is -0.462 e. The van der Waals surface area contributed by atoms with Gasteiger partial charge >= 0.3 is 12.1 Å². The van der Waals surface area contributed by atoms with E-state index in [2.05, 4.69) is 6.92 Å². The van der Waals surface area contributed by atoms with Gasteiger partial charge in [0, 0.05) is 6.61 Å². The second-order valence-corrected chi connectivity index (χ2v) is 7.88. The van der Waals surface area contributed by atoms with Gasteiger partial charge in [0.25, 0.3) is 0 Å². The van der Waals surface area contributed by atoms with Gasteiger partial charge in [0.15, 0.2) is 0 Å². The van der Waals surface area contributed by atoms with E-state index in [1.807, 2.05) is 6.92 Å². The largest absolute Gasteiger partial charge is 0.462 e. The Morgan fingerprint density at radius 3 is 2.22 bits per heavy atom. The summed E-state index contributed by atoms with van der Waals surface area (Å²) in [6, 6.07) is 13.0. The number of alkyl halides is 3. The molecular formula is C26H33F3O3. The van der Waals surface area contributed by atoms with Crippen molar-refractivity contribution in [3.63, 3.8) is 0 Å². The fourth-order valence-corrected chi connectivity index (χ4v) is 3.51. The molecule has 0 amide bonds. The highest BCUT2D eigenvalue weighted by atomic mass is 19.4. The zero-order chi connectivity index (χ0) is 23.4. The van der Waals surface area contributed by atoms with Crippen molar-refractivity contribution in [3.05, 3.63) is 59.7 Å². The van der Waals surface area contributed by atoms with Crippen molar-refractivity contribution in [1.29, 1.82) is 0 Å². The van der Waals surface area contributed by atoms with Gasteiger partial charge in [-0.05, 0) is 41.7 Å². The summed E-state index contributed by atoms with van der Waals surface area (Å²) in [5, 5.41) is 0. The van der Waals surface area contributed by atoms with Crippen molar-refractivity contribution in [2.45, 2.75) is 64.5 Å². The molecule has 0 aliphatic heterocycles. The van der Waals surface area contributed by atoms with Gasteiger partial charge in [-0.15, -0.1) is 0 Å². The summed E-state index contributed by atoms with van der Waals surface area (Å²) in [6.07, 6.45) is 1.55. The number of carbonyl (C=O) groups is 1. The number of hydrogen-bond donors (Lipinski definition) is 0. The van der Waals surface area contributed by atoms with Gasteiger partial charge in [-0.1, -0.05) is 75.9 Å². The van der Waals surface area contributed by atoms with Crippen LogP contribution in [0.15, 0.2) is 48.5 Å². The number of benzene rings is 2. The van der Waals surface area contributed by atoms with Gasteiger partial charge in [0.2, 0.25) is 0 Å². The minimum absolute atomic E-state index is 0.165. The van der Waals surface area contributed by atoms with E-state index in [0.717, 1.165) is 25.7 Å². The molecule has 0 aliphatic carbocycles. The maximum absolute atomic E-state index is 13.8. The quantitative estimate of drug-likeness (QED) is 0.233. The molecule has 0 bridgehead atoms. The molecule has 6 heteroatoms. The van der Waals surface area contributed by atoms with Crippen LogP contribution in [0.4, 0.5) is 13.2 Å². The highest BCUT2D eigenvalue weighted by Gasteiger charge is 2.42. The molecule has 2 aromatic carbocycles. The number of halogens is 3. The van der Waals surface area contributed by atoms with E-state index >= 15 is 0 Å². The lowest BCUT2D eigenvalue weighted by Crippen LogP contribution is -2.26. The smallest absolute Gasteiger partial charge is 0.397 e. The molecule has 2 aromatic rings. The molecule has 2 rings (SSSR count). The van der Waals surface area contributed by atoms with Gasteiger partial charge in [0.1, 0.15) is 5.92 Å². The molecule has 176 valence electrons. The first kappa shape index (κ1) is 25.9. The summed E-state index contributed by atoms with van der Waals surface area (Å²) in [4.78, 5) is 12.2. The lowest BCUT2D eigenvalue weighted by atomic mass is 9.90. The van der Waals surface area contributed by atoms with Gasteiger partial charge < -0.3 is 9.47 Å². The van der Waals surface area contributed by atoms with E-state index in [0.29, 0.717) is 29.7 Å². The summed E-state index contributed by atoms with van der Waals surface area (Å²) in [5.41, 5.74) is 1.64. The molecule has 0 aliphatic rings. The van der Waals surface area contributed by atoms with Crippen LogP contribution in [0.3, 0.4) is 0 Å². The van der Waals surface area contributed by atoms with Crippen LogP contribution < -0.4 is 0 Å². The van der Waals surface area contributed by atoms with E-state index in [9.17, 15) is 18.0 Å². The topological polar surface area (TPSA) is 35.5 Å². The van der Waals surface area contributed by atoms with Crippen LogP contribution in [-0.2, 0) is 9.47 Å². The van der Waals surface area contributed by atoms with E-state index in [-0.39, 0.29) is 12.2 Å². The number of unbranched alkanes of at least 4 members (excludes halogenated alkanes) is 4. The average molecular weight is 451 g/mol. The first-order valence-corrected chi connectivity index (χ1v) is 11.4. The van der Waals surface area contributed by atoms with Crippen LogP contribution in [-0.4, -0.2) is 32.0 Å². The van der Waals surface area contributed by atoms with E-state index in [1.54, 1.807) is 42.5 Å². The molecule has 3 nitrogen and oxygen atoms in total. The molecule has 1 atom stereocenters. The van der Waals surface area contributed by atoms with Gasteiger partial charge in [-0.3, -0.25) is 0 Å². The predicted octanol–water partition coefficient (Wildman–Crippen LogP) is 7.55. The molecule has 1 unspecified atom stereocenters. The first-order chi connectivity index (χ1) is 15.4. The maximum Gasteiger partial charge on any atom is 0.397 e. The lowest BCUT2D eigenvalue weighted by Gasteiger charge is -2.23. The Bertz CT molecular complexity index is 816. The molecule has 0 fully saturated rings. The van der Waals surface area contributed by atoms with Gasteiger partial charge in [0.05, 0.1) is 18.8 Å².